The normalized spacial score (nSPS) is 16.5. The summed E-state index contributed by atoms with van der Waals surface area (Å²) in [6, 6.07) is 2.28. The fourth-order valence-electron chi connectivity index (χ4n) is 5.19. The summed E-state index contributed by atoms with van der Waals surface area (Å²) >= 11 is 0. The number of pyridine rings is 1. The number of imidazole rings is 2. The van der Waals surface area contributed by atoms with Gasteiger partial charge in [-0.1, -0.05) is 6.08 Å². The molecule has 0 unspecified atom stereocenters. The average Bonchev–Trinajstić information content (AvgIpc) is 3.35. The zero-order valence-corrected chi connectivity index (χ0v) is 18.8. The van der Waals surface area contributed by atoms with E-state index in [2.05, 4.69) is 37.0 Å². The lowest BCUT2D eigenvalue weighted by Crippen LogP contribution is -2.38. The van der Waals surface area contributed by atoms with E-state index in [9.17, 15) is 4.79 Å². The highest BCUT2D eigenvalue weighted by molar-refractivity contribution is 5.86. The van der Waals surface area contributed by atoms with Crippen molar-refractivity contribution in [3.8, 4) is 11.4 Å². The molecule has 1 saturated heterocycles. The van der Waals surface area contributed by atoms with E-state index < -0.39 is 0 Å². The number of nitrogens with zero attached hydrogens (tertiary/aromatic N) is 7. The molecule has 0 saturated carbocycles. The van der Waals surface area contributed by atoms with E-state index in [0.29, 0.717) is 0 Å². The first-order valence-electron chi connectivity index (χ1n) is 11.4. The Balaban J connectivity index is 1.30. The minimum Gasteiger partial charge on any atom is -0.355 e. The van der Waals surface area contributed by atoms with Crippen molar-refractivity contribution in [2.24, 2.45) is 7.05 Å². The summed E-state index contributed by atoms with van der Waals surface area (Å²) < 4.78 is 4.00. The highest BCUT2D eigenvalue weighted by Crippen LogP contribution is 2.32. The van der Waals surface area contributed by atoms with Crippen LogP contribution in [-0.4, -0.2) is 47.1 Å². The van der Waals surface area contributed by atoms with E-state index in [1.165, 1.54) is 0 Å². The zero-order chi connectivity index (χ0) is 22.5. The van der Waals surface area contributed by atoms with Crippen molar-refractivity contribution in [2.45, 2.75) is 38.6 Å². The molecule has 0 atom stereocenters. The van der Waals surface area contributed by atoms with E-state index in [4.69, 9.17) is 4.98 Å². The molecule has 0 radical (unpaired) electrons. The lowest BCUT2D eigenvalue weighted by Gasteiger charge is -2.33. The van der Waals surface area contributed by atoms with Crippen molar-refractivity contribution in [1.82, 2.24) is 34.1 Å². The second-order valence-electron chi connectivity index (χ2n) is 8.93. The third-order valence-electron chi connectivity index (χ3n) is 6.79. The summed E-state index contributed by atoms with van der Waals surface area (Å²) in [5.74, 6) is 1.68. The Morgan fingerprint density at radius 3 is 2.82 bits per heavy atom. The first-order chi connectivity index (χ1) is 16.1. The van der Waals surface area contributed by atoms with Crippen LogP contribution in [0.25, 0.3) is 28.6 Å². The third kappa shape index (κ3) is 3.26. The molecule has 5 heterocycles. The average molecular weight is 443 g/mol. The number of aromatic amines is 1. The standard InChI is InChI=1S/C24H26N8O/c1-15-11-16(13-25-12-15)21-29-20-22(30(21)2)26-14-27-23(20)31-9-7-17(8-10-31)32-19-6-4-3-5-18(19)28-24(32)33/h3,5,11-14,17H,4,6-10H2,1-2H3,(H,28,33). The van der Waals surface area contributed by atoms with Crippen molar-refractivity contribution in [3.63, 3.8) is 0 Å². The first-order valence-corrected chi connectivity index (χ1v) is 11.4. The summed E-state index contributed by atoms with van der Waals surface area (Å²) in [6.45, 7) is 3.66. The number of nitrogens with one attached hydrogen (secondary N) is 1. The summed E-state index contributed by atoms with van der Waals surface area (Å²) in [5, 5.41) is 0. The SMILES string of the molecule is Cc1cncc(-c2nc3c(N4CCC(n5c6c([nH]c5=O)C=CCC6)CC4)ncnc3n2C)c1. The van der Waals surface area contributed by atoms with Crippen molar-refractivity contribution in [1.29, 1.82) is 0 Å². The number of anilines is 1. The number of rotatable bonds is 3. The number of hydrogen-bond acceptors (Lipinski definition) is 6. The van der Waals surface area contributed by atoms with Crippen LogP contribution in [-0.2, 0) is 13.5 Å². The van der Waals surface area contributed by atoms with E-state index in [1.54, 1.807) is 6.33 Å². The fourth-order valence-corrected chi connectivity index (χ4v) is 5.19. The predicted molar refractivity (Wildman–Crippen MR) is 127 cm³/mol. The maximum Gasteiger partial charge on any atom is 0.326 e. The summed E-state index contributed by atoms with van der Waals surface area (Å²) in [5.41, 5.74) is 5.79. The molecule has 168 valence electrons. The van der Waals surface area contributed by atoms with Crippen LogP contribution in [0.5, 0.6) is 0 Å². The van der Waals surface area contributed by atoms with Gasteiger partial charge in [-0.3, -0.25) is 9.55 Å². The Morgan fingerprint density at radius 2 is 2.00 bits per heavy atom. The van der Waals surface area contributed by atoms with Crippen molar-refractivity contribution < 1.29 is 0 Å². The van der Waals surface area contributed by atoms with E-state index in [0.717, 1.165) is 84.1 Å². The molecule has 9 nitrogen and oxygen atoms in total. The van der Waals surface area contributed by atoms with E-state index in [1.807, 2.05) is 41.6 Å². The third-order valence-corrected chi connectivity index (χ3v) is 6.79. The molecular formula is C24H26N8O. The largest absolute Gasteiger partial charge is 0.355 e. The molecular weight excluding hydrogens is 416 g/mol. The Kier molecular flexibility index (Phi) is 4.63. The Bertz CT molecular complexity index is 1430. The Labute approximate surface area is 190 Å². The Morgan fingerprint density at radius 1 is 1.15 bits per heavy atom. The minimum absolute atomic E-state index is 0.00978. The van der Waals surface area contributed by atoms with Gasteiger partial charge in [-0.2, -0.15) is 0 Å². The molecule has 0 spiro atoms. The molecule has 4 aromatic heterocycles. The smallest absolute Gasteiger partial charge is 0.326 e. The van der Waals surface area contributed by atoms with Gasteiger partial charge in [0.05, 0.1) is 5.69 Å². The van der Waals surface area contributed by atoms with Crippen molar-refractivity contribution >= 4 is 23.1 Å². The topological polar surface area (TPSA) is 97.5 Å². The lowest BCUT2D eigenvalue weighted by atomic mass is 10.0. The molecule has 0 bridgehead atoms. The molecule has 4 aromatic rings. The highest BCUT2D eigenvalue weighted by Gasteiger charge is 2.28. The van der Waals surface area contributed by atoms with E-state index >= 15 is 0 Å². The van der Waals surface area contributed by atoms with Crippen LogP contribution in [0, 0.1) is 6.92 Å². The summed E-state index contributed by atoms with van der Waals surface area (Å²) in [6.07, 6.45) is 13.1. The van der Waals surface area contributed by atoms with Gasteiger partial charge in [-0.25, -0.2) is 19.7 Å². The van der Waals surface area contributed by atoms with Crippen LogP contribution in [0.15, 0.2) is 35.7 Å². The van der Waals surface area contributed by atoms with Gasteiger partial charge in [-0.15, -0.1) is 0 Å². The van der Waals surface area contributed by atoms with Gasteiger partial charge >= 0.3 is 5.69 Å². The highest BCUT2D eigenvalue weighted by atomic mass is 16.1. The van der Waals surface area contributed by atoms with Crippen LogP contribution in [0.4, 0.5) is 5.82 Å². The van der Waals surface area contributed by atoms with Crippen LogP contribution >= 0.6 is 0 Å². The maximum absolute atomic E-state index is 12.7. The van der Waals surface area contributed by atoms with Crippen LogP contribution < -0.4 is 10.6 Å². The molecule has 1 aliphatic heterocycles. The first kappa shape index (κ1) is 19.9. The van der Waals surface area contributed by atoms with Crippen molar-refractivity contribution in [2.75, 3.05) is 18.0 Å². The number of piperidine rings is 1. The molecule has 1 aliphatic carbocycles. The molecule has 0 amide bonds. The van der Waals surface area contributed by atoms with Gasteiger partial charge in [-0.05, 0) is 50.3 Å². The van der Waals surface area contributed by atoms with E-state index in [-0.39, 0.29) is 11.7 Å². The molecule has 1 fully saturated rings. The summed E-state index contributed by atoms with van der Waals surface area (Å²) in [4.78, 5) is 36.3. The van der Waals surface area contributed by atoms with Gasteiger partial charge in [0, 0.05) is 49.8 Å². The number of aromatic nitrogens is 7. The molecule has 2 aliphatic rings. The lowest BCUT2D eigenvalue weighted by molar-refractivity contribution is 0.379. The second kappa shape index (κ2) is 7.68. The Hall–Kier alpha value is -3.75. The van der Waals surface area contributed by atoms with Crippen LogP contribution in [0.3, 0.4) is 0 Å². The monoisotopic (exact) mass is 442 g/mol. The van der Waals surface area contributed by atoms with Gasteiger partial charge in [0.2, 0.25) is 0 Å². The number of fused-ring (bicyclic) bond motifs is 2. The maximum atomic E-state index is 12.7. The zero-order valence-electron chi connectivity index (χ0n) is 18.8. The molecule has 0 aromatic carbocycles. The molecule has 33 heavy (non-hydrogen) atoms. The number of hydrogen-bond donors (Lipinski definition) is 1. The van der Waals surface area contributed by atoms with Gasteiger partial charge < -0.3 is 14.5 Å². The van der Waals surface area contributed by atoms with Gasteiger partial charge in [0.25, 0.3) is 0 Å². The number of allylic oxidation sites excluding steroid dienone is 1. The summed E-state index contributed by atoms with van der Waals surface area (Å²) in [7, 11) is 1.98. The predicted octanol–water partition coefficient (Wildman–Crippen LogP) is 3.02. The quantitative estimate of drug-likeness (QED) is 0.524. The second-order valence-corrected chi connectivity index (χ2v) is 8.93. The molecule has 9 heteroatoms. The van der Waals surface area contributed by atoms with Gasteiger partial charge in [0.1, 0.15) is 12.2 Å². The van der Waals surface area contributed by atoms with Crippen molar-refractivity contribution in [3.05, 3.63) is 58.3 Å². The van der Waals surface area contributed by atoms with Crippen LogP contribution in [0.2, 0.25) is 0 Å². The van der Waals surface area contributed by atoms with Crippen LogP contribution in [0.1, 0.15) is 42.3 Å². The molecule has 1 N–H and O–H groups in total. The molecule has 6 rings (SSSR count). The number of H-pyrrole nitrogens is 1. The minimum atomic E-state index is 0.00978. The fraction of sp³-hybridized carbons (Fsp3) is 0.375. The number of aryl methyl sites for hydroxylation is 2. The van der Waals surface area contributed by atoms with Gasteiger partial charge in [0.15, 0.2) is 17.0 Å².